The zero-order valence-electron chi connectivity index (χ0n) is 15.5. The van der Waals surface area contributed by atoms with Crippen LogP contribution in [0.2, 0.25) is 0 Å². The predicted molar refractivity (Wildman–Crippen MR) is 102 cm³/mol. The van der Waals surface area contributed by atoms with Gasteiger partial charge in [0.15, 0.2) is 11.5 Å². The molecule has 4 nitrogen and oxygen atoms in total. The minimum atomic E-state index is -2.36. The van der Waals surface area contributed by atoms with E-state index >= 15 is 0 Å². The molecule has 1 fully saturated rings. The van der Waals surface area contributed by atoms with Crippen molar-refractivity contribution < 1.29 is 18.3 Å². The lowest BCUT2D eigenvalue weighted by atomic mass is 10.0. The van der Waals surface area contributed by atoms with Crippen LogP contribution in [0.1, 0.15) is 23.6 Å². The van der Waals surface area contributed by atoms with Crippen molar-refractivity contribution in [2.75, 3.05) is 33.3 Å². The Labute approximate surface area is 159 Å². The fourth-order valence-electron chi connectivity index (χ4n) is 3.40. The maximum Gasteiger partial charge on any atom is 0.240 e. The Balaban J connectivity index is 1.77. The molecule has 27 heavy (non-hydrogen) atoms. The predicted octanol–water partition coefficient (Wildman–Crippen LogP) is 3.88. The lowest BCUT2D eigenvalue weighted by Crippen LogP contribution is -2.45. The molecule has 2 aromatic carbocycles. The summed E-state index contributed by atoms with van der Waals surface area (Å²) in [5.74, 6) is 1.18. The van der Waals surface area contributed by atoms with E-state index in [4.69, 9.17) is 9.47 Å². The van der Waals surface area contributed by atoms with Crippen molar-refractivity contribution in [3.63, 3.8) is 0 Å². The summed E-state index contributed by atoms with van der Waals surface area (Å²) in [5, 5.41) is 3.26. The van der Waals surface area contributed by atoms with Crippen LogP contribution < -0.4 is 14.8 Å². The van der Waals surface area contributed by atoms with E-state index in [1.165, 1.54) is 0 Å². The molecule has 0 unspecified atom stereocenters. The molecule has 0 aromatic heterocycles. The van der Waals surface area contributed by atoms with Crippen molar-refractivity contribution in [3.05, 3.63) is 59.7 Å². The fraction of sp³-hybridized carbons (Fsp3) is 0.429. The number of methoxy groups -OCH3 is 1. The minimum Gasteiger partial charge on any atom is -0.493 e. The Bertz CT molecular complexity index is 707. The van der Waals surface area contributed by atoms with Gasteiger partial charge in [0.05, 0.1) is 7.11 Å². The molecule has 3 rings (SSSR count). The van der Waals surface area contributed by atoms with E-state index in [-0.39, 0.29) is 12.5 Å². The summed E-state index contributed by atoms with van der Waals surface area (Å²) in [5.41, 5.74) is 1.89. The normalized spacial score (nSPS) is 16.3. The van der Waals surface area contributed by atoms with Gasteiger partial charge in [-0.05, 0) is 23.3 Å². The number of hydrogen-bond acceptors (Lipinski definition) is 4. The monoisotopic (exact) mass is 376 g/mol. The Morgan fingerprint density at radius 3 is 2.44 bits per heavy atom. The van der Waals surface area contributed by atoms with Gasteiger partial charge in [-0.25, -0.2) is 8.78 Å². The van der Waals surface area contributed by atoms with Gasteiger partial charge in [-0.1, -0.05) is 36.4 Å². The lowest BCUT2D eigenvalue weighted by Gasteiger charge is -2.35. The molecule has 2 aromatic rings. The van der Waals surface area contributed by atoms with Crippen LogP contribution >= 0.6 is 0 Å². The summed E-state index contributed by atoms with van der Waals surface area (Å²) in [4.78, 5) is 2.11. The highest BCUT2D eigenvalue weighted by Crippen LogP contribution is 2.35. The molecule has 146 valence electrons. The third kappa shape index (κ3) is 5.40. The van der Waals surface area contributed by atoms with Crippen molar-refractivity contribution in [2.45, 2.75) is 25.5 Å². The molecule has 0 bridgehead atoms. The Hall–Kier alpha value is -2.18. The number of halogens is 2. The topological polar surface area (TPSA) is 33.7 Å². The van der Waals surface area contributed by atoms with Gasteiger partial charge >= 0.3 is 0 Å². The van der Waals surface area contributed by atoms with E-state index in [2.05, 4.69) is 10.2 Å². The second kappa shape index (κ2) is 9.67. The molecule has 6 heteroatoms. The zero-order chi connectivity index (χ0) is 19.1. The number of nitrogens with zero attached hydrogens (tertiary/aromatic N) is 1. The molecule has 0 saturated carbocycles. The van der Waals surface area contributed by atoms with Crippen LogP contribution in [0.25, 0.3) is 0 Å². The van der Waals surface area contributed by atoms with Gasteiger partial charge in [0.25, 0.3) is 0 Å². The highest BCUT2D eigenvalue weighted by molar-refractivity contribution is 5.44. The molecule has 0 radical (unpaired) electrons. The quantitative estimate of drug-likeness (QED) is 0.758. The first-order valence-electron chi connectivity index (χ1n) is 9.25. The van der Waals surface area contributed by atoms with Crippen molar-refractivity contribution in [1.29, 1.82) is 0 Å². The molecule has 1 aliphatic rings. The maximum absolute atomic E-state index is 13.2. The SMILES string of the molecule is COc1cc([C@H](CC(F)F)N2CCNCC2)ccc1OCc1ccccc1. The summed E-state index contributed by atoms with van der Waals surface area (Å²) >= 11 is 0. The van der Waals surface area contributed by atoms with Crippen LogP contribution in [0.4, 0.5) is 8.78 Å². The van der Waals surface area contributed by atoms with Gasteiger partial charge in [-0.2, -0.15) is 0 Å². The Morgan fingerprint density at radius 2 is 1.78 bits per heavy atom. The number of hydrogen-bond donors (Lipinski definition) is 1. The molecular weight excluding hydrogens is 350 g/mol. The Morgan fingerprint density at radius 1 is 1.04 bits per heavy atom. The van der Waals surface area contributed by atoms with Crippen LogP contribution in [0.5, 0.6) is 11.5 Å². The molecule has 1 aliphatic heterocycles. The van der Waals surface area contributed by atoms with Crippen molar-refractivity contribution >= 4 is 0 Å². The summed E-state index contributed by atoms with van der Waals surface area (Å²) in [6.45, 7) is 3.57. The molecule has 1 atom stereocenters. The fourth-order valence-corrected chi connectivity index (χ4v) is 3.40. The number of benzene rings is 2. The summed E-state index contributed by atoms with van der Waals surface area (Å²) < 4.78 is 37.7. The van der Waals surface area contributed by atoms with Crippen LogP contribution in [0.15, 0.2) is 48.5 Å². The van der Waals surface area contributed by atoms with Gasteiger partial charge in [0.2, 0.25) is 6.43 Å². The molecule has 1 saturated heterocycles. The standard InChI is InChI=1S/C21H26F2N2O2/c1-26-20-13-17(18(14-21(22)23)25-11-9-24-10-12-25)7-8-19(20)27-15-16-5-3-2-4-6-16/h2-8,13,18,21,24H,9-12,14-15H2,1H3/t18-/m0/s1. The number of rotatable bonds is 8. The van der Waals surface area contributed by atoms with E-state index in [0.717, 1.165) is 37.3 Å². The minimum absolute atomic E-state index is 0.187. The second-order valence-electron chi connectivity index (χ2n) is 6.61. The van der Waals surface area contributed by atoms with Crippen LogP contribution in [0, 0.1) is 0 Å². The lowest BCUT2D eigenvalue weighted by molar-refractivity contribution is 0.0738. The largest absolute Gasteiger partial charge is 0.493 e. The first kappa shape index (κ1) is 19.6. The molecule has 0 amide bonds. The van der Waals surface area contributed by atoms with E-state index in [0.29, 0.717) is 18.1 Å². The van der Waals surface area contributed by atoms with Gasteiger partial charge in [0.1, 0.15) is 6.61 Å². The average molecular weight is 376 g/mol. The van der Waals surface area contributed by atoms with Crippen LogP contribution in [-0.4, -0.2) is 44.6 Å². The van der Waals surface area contributed by atoms with Crippen molar-refractivity contribution in [3.8, 4) is 11.5 Å². The van der Waals surface area contributed by atoms with Crippen molar-refractivity contribution in [2.24, 2.45) is 0 Å². The smallest absolute Gasteiger partial charge is 0.240 e. The molecule has 1 N–H and O–H groups in total. The third-order valence-corrected chi connectivity index (χ3v) is 4.80. The van der Waals surface area contributed by atoms with Crippen molar-refractivity contribution in [1.82, 2.24) is 10.2 Å². The van der Waals surface area contributed by atoms with E-state index < -0.39 is 6.43 Å². The van der Waals surface area contributed by atoms with E-state index in [1.807, 2.05) is 48.5 Å². The van der Waals surface area contributed by atoms with E-state index in [1.54, 1.807) is 7.11 Å². The second-order valence-corrected chi connectivity index (χ2v) is 6.61. The third-order valence-electron chi connectivity index (χ3n) is 4.80. The van der Waals surface area contributed by atoms with Crippen LogP contribution in [-0.2, 0) is 6.61 Å². The number of ether oxygens (including phenoxy) is 2. The first-order valence-corrected chi connectivity index (χ1v) is 9.25. The summed E-state index contributed by atoms with van der Waals surface area (Å²) in [6, 6.07) is 15.0. The van der Waals surface area contributed by atoms with Gasteiger partial charge in [0, 0.05) is 38.6 Å². The first-order chi connectivity index (χ1) is 13.2. The molecule has 0 spiro atoms. The average Bonchev–Trinajstić information content (AvgIpc) is 2.71. The highest BCUT2D eigenvalue weighted by atomic mass is 19.3. The number of alkyl halides is 2. The van der Waals surface area contributed by atoms with Gasteiger partial charge in [-0.3, -0.25) is 4.90 Å². The summed E-state index contributed by atoms with van der Waals surface area (Å²) in [6.07, 6.45) is -2.54. The number of piperazine rings is 1. The Kier molecular flexibility index (Phi) is 7.01. The zero-order valence-corrected chi connectivity index (χ0v) is 15.5. The van der Waals surface area contributed by atoms with Gasteiger partial charge < -0.3 is 14.8 Å². The van der Waals surface area contributed by atoms with Gasteiger partial charge in [-0.15, -0.1) is 0 Å². The van der Waals surface area contributed by atoms with Crippen LogP contribution in [0.3, 0.4) is 0 Å². The van der Waals surface area contributed by atoms with E-state index in [9.17, 15) is 8.78 Å². The molecular formula is C21H26F2N2O2. The highest BCUT2D eigenvalue weighted by Gasteiger charge is 2.26. The maximum atomic E-state index is 13.2. The summed E-state index contributed by atoms with van der Waals surface area (Å²) in [7, 11) is 1.57. The number of nitrogens with one attached hydrogen (secondary N) is 1. The molecule has 1 heterocycles. The molecule has 0 aliphatic carbocycles.